The van der Waals surface area contributed by atoms with Crippen LogP contribution in [-0.2, 0) is 6.51 Å². The van der Waals surface area contributed by atoms with Crippen LogP contribution in [0.25, 0.3) is 0 Å². The summed E-state index contributed by atoms with van der Waals surface area (Å²) in [6, 6.07) is 0. The zero-order chi connectivity index (χ0) is 21.7. The van der Waals surface area contributed by atoms with Crippen molar-refractivity contribution < 1.29 is 15.3 Å². The number of fused-ring (bicyclic) bond motifs is 10. The summed E-state index contributed by atoms with van der Waals surface area (Å²) in [7, 11) is 1.04. The molecular formula is C28H42F2FeP2. The van der Waals surface area contributed by atoms with Gasteiger partial charge in [-0.15, -0.1) is 0 Å². The van der Waals surface area contributed by atoms with Crippen LogP contribution in [0, 0.1) is 0 Å². The van der Waals surface area contributed by atoms with Crippen molar-refractivity contribution in [2.24, 2.45) is 0 Å². The van der Waals surface area contributed by atoms with Crippen LogP contribution in [0.4, 0.5) is 8.78 Å². The van der Waals surface area contributed by atoms with Gasteiger partial charge in [0.25, 0.3) is 0 Å². The number of alkyl halides is 2. The third kappa shape index (κ3) is 0.438. The van der Waals surface area contributed by atoms with Crippen molar-refractivity contribution >= 4 is 16.5 Å². The van der Waals surface area contributed by atoms with Crippen molar-refractivity contribution in [2.45, 2.75) is 148 Å². The van der Waals surface area contributed by atoms with E-state index in [1.165, 1.54) is 77.1 Å². The molecule has 12 fully saturated rings. The minimum absolute atomic E-state index is 0.166. The molecule has 0 N–H and O–H groups in total. The molecule has 0 amide bonds. The molecule has 1 spiro atoms. The zero-order valence-corrected chi connectivity index (χ0v) is 23.2. The Labute approximate surface area is 191 Å². The third-order valence-electron chi connectivity index (χ3n) is 20.9. The summed E-state index contributed by atoms with van der Waals surface area (Å²) in [4.78, 5) is 11.0. The molecule has 5 heteroatoms. The Balaban J connectivity index is 1.06. The van der Waals surface area contributed by atoms with Gasteiger partial charge in [0.2, 0.25) is 0 Å². The van der Waals surface area contributed by atoms with Crippen LogP contribution in [0.2, 0.25) is 42.8 Å². The van der Waals surface area contributed by atoms with E-state index < -0.39 is 19.4 Å². The van der Waals surface area contributed by atoms with E-state index in [1.807, 2.05) is 0 Å². The topological polar surface area (TPSA) is 0 Å². The monoisotopic (exact) mass is 534 g/mol. The second-order valence-corrected chi connectivity index (χ2v) is 45.3. The second-order valence-electron chi connectivity index (χ2n) is 17.0. The van der Waals surface area contributed by atoms with E-state index in [1.54, 1.807) is 25.7 Å². The van der Waals surface area contributed by atoms with Crippen molar-refractivity contribution in [2.75, 3.05) is 12.8 Å². The fraction of sp³-hybridized carbons (Fsp3) is 1.00. The molecule has 10 heterocycles. The van der Waals surface area contributed by atoms with Crippen LogP contribution >= 0.6 is 16.5 Å². The van der Waals surface area contributed by atoms with E-state index in [2.05, 4.69) is 6.92 Å². The van der Waals surface area contributed by atoms with Gasteiger partial charge in [-0.3, -0.25) is 0 Å². The van der Waals surface area contributed by atoms with Crippen molar-refractivity contribution in [1.82, 2.24) is 0 Å². The number of halogens is 2. The molecule has 0 nitrogen and oxygen atoms in total. The fourth-order valence-corrected chi connectivity index (χ4v) is 122. The third-order valence-corrected chi connectivity index (χ3v) is 74.3. The van der Waals surface area contributed by atoms with Crippen LogP contribution in [0.5, 0.6) is 0 Å². The van der Waals surface area contributed by atoms with Gasteiger partial charge in [0, 0.05) is 0 Å². The van der Waals surface area contributed by atoms with E-state index in [0.717, 1.165) is 33.9 Å². The first-order valence-corrected chi connectivity index (χ1v) is 23.8. The normalized spacial score (nSPS) is 78.8. The average Bonchev–Trinajstić information content (AvgIpc) is 3.79. The van der Waals surface area contributed by atoms with E-state index in [4.69, 9.17) is 0 Å². The first-order chi connectivity index (χ1) is 15.9. The van der Waals surface area contributed by atoms with Gasteiger partial charge in [0.1, 0.15) is 0 Å². The molecule has 0 aromatic rings. The van der Waals surface area contributed by atoms with Gasteiger partial charge in [-0.05, 0) is 0 Å². The summed E-state index contributed by atoms with van der Waals surface area (Å²) < 4.78 is 29.3. The average molecular weight is 534 g/mol. The number of rotatable bonds is 9. The van der Waals surface area contributed by atoms with Crippen molar-refractivity contribution in [3.05, 3.63) is 0 Å². The molecule has 10 aliphatic heterocycles. The van der Waals surface area contributed by atoms with Crippen molar-refractivity contribution in [3.63, 3.8) is 0 Å². The van der Waals surface area contributed by atoms with Crippen molar-refractivity contribution in [1.29, 1.82) is 0 Å². The molecular weight excluding hydrogens is 492 g/mol. The molecule has 10 saturated heterocycles. The van der Waals surface area contributed by atoms with Crippen molar-refractivity contribution in [3.8, 4) is 0 Å². The Bertz CT molecular complexity index is 1320. The van der Waals surface area contributed by atoms with Gasteiger partial charge in [-0.25, -0.2) is 0 Å². The summed E-state index contributed by atoms with van der Waals surface area (Å²) in [5.41, 5.74) is 3.13. The molecule has 2 aliphatic carbocycles. The van der Waals surface area contributed by atoms with Crippen LogP contribution in [0.3, 0.4) is 0 Å². The van der Waals surface area contributed by atoms with Gasteiger partial charge in [0.05, 0.1) is 0 Å². The Morgan fingerprint density at radius 3 is 1.85 bits per heavy atom. The molecule has 2 saturated carbocycles. The Hall–Kier alpha value is 1.24. The molecule has 8 atom stereocenters. The summed E-state index contributed by atoms with van der Waals surface area (Å²) in [6.07, 6.45) is 15.6. The van der Waals surface area contributed by atoms with E-state index in [0.29, 0.717) is 6.16 Å². The summed E-state index contributed by atoms with van der Waals surface area (Å²) in [5, 5.41) is 0. The Morgan fingerprint density at radius 2 is 1.39 bits per heavy atom. The molecule has 33 heavy (non-hydrogen) atoms. The van der Waals surface area contributed by atoms with E-state index >= 15 is 0 Å². The maximum absolute atomic E-state index is 14.5. The molecule has 12 aliphatic rings. The van der Waals surface area contributed by atoms with E-state index in [-0.39, 0.29) is 14.3 Å². The Kier molecular flexibility index (Phi) is 1.56. The molecule has 0 aromatic heterocycles. The summed E-state index contributed by atoms with van der Waals surface area (Å²) in [6.45, 7) is -1.27. The molecule has 0 bridgehead atoms. The molecule has 186 valence electrons. The van der Waals surface area contributed by atoms with Gasteiger partial charge < -0.3 is 0 Å². The quantitative estimate of drug-likeness (QED) is 0.204. The minimum atomic E-state index is -3.49. The SMILES string of the molecule is CC(PCC(F)CCF)[C]12[CH]3[CH]4[CH]5[C]1(P(C1CCCCC1)C1CCCCC1)[Fe]43521678[CH]2[CH]1[CH]6[CH]7[CH]28. The summed E-state index contributed by atoms with van der Waals surface area (Å²) >= 11 is 0. The number of hydrogen-bond donors (Lipinski definition) is 0. The summed E-state index contributed by atoms with van der Waals surface area (Å²) in [5.74, 6) is 0. The second kappa shape index (κ2) is 2.79. The fourth-order valence-electron chi connectivity index (χ4n) is 22.8. The molecule has 0 radical (unpaired) electrons. The van der Waals surface area contributed by atoms with Crippen LogP contribution in [0.15, 0.2) is 0 Å². The Morgan fingerprint density at radius 1 is 0.848 bits per heavy atom. The molecule has 0 aromatic carbocycles. The predicted octanol–water partition coefficient (Wildman–Crippen LogP) is 9.57. The molecule has 12 rings (SSSR count). The maximum atomic E-state index is 14.5. The van der Waals surface area contributed by atoms with Crippen LogP contribution < -0.4 is 0 Å². The van der Waals surface area contributed by atoms with E-state index in [9.17, 15) is 8.78 Å². The van der Waals surface area contributed by atoms with Gasteiger partial charge >= 0.3 is 192 Å². The standard InChI is InChI=1S/C23H37F2P2.C5H5.Fe/c1-18(26-17-19(25)15-16-24)22-13-8-14-23(22)27(20-9-4-2-5-10-20)21-11-6-3-7-12-21;1-2-4-5-3-1;/h8,13-14,18-21,26H,2-7,9-12,15-17H2,1H3;1-5H;. The predicted molar refractivity (Wildman–Crippen MR) is 134 cm³/mol. The van der Waals surface area contributed by atoms with Crippen LogP contribution in [-0.4, -0.2) is 40.0 Å². The first-order valence-electron chi connectivity index (χ1n) is 14.8. The zero-order valence-electron chi connectivity index (χ0n) is 20.2. The first kappa shape index (κ1) is 18.5. The van der Waals surface area contributed by atoms with Gasteiger partial charge in [-0.2, -0.15) is 0 Å². The van der Waals surface area contributed by atoms with Gasteiger partial charge in [0.15, 0.2) is 0 Å². The van der Waals surface area contributed by atoms with Crippen LogP contribution in [0.1, 0.15) is 77.6 Å². The molecule has 8 unspecified atom stereocenters. The van der Waals surface area contributed by atoms with Gasteiger partial charge in [-0.1, -0.05) is 0 Å². The number of hydrogen-bond acceptors (Lipinski definition) is 0.